The molecular weight excluding hydrogens is 102 g/mol. The van der Waals surface area contributed by atoms with Gasteiger partial charge in [-0.3, -0.25) is 0 Å². The van der Waals surface area contributed by atoms with E-state index in [1.165, 1.54) is 13.5 Å². The van der Waals surface area contributed by atoms with Crippen molar-refractivity contribution in [2.24, 2.45) is 4.99 Å². The largest absolute Gasteiger partial charge is 0.486 e. The number of hydrogen-bond donors (Lipinski definition) is 0. The van der Waals surface area contributed by atoms with Crippen LogP contribution in [0.15, 0.2) is 29.9 Å². The zero-order valence-corrected chi connectivity index (χ0v) is 4.92. The Labute approximate surface area is 49.2 Å². The fourth-order valence-electron chi connectivity index (χ4n) is 0.173. The highest BCUT2D eigenvalue weighted by molar-refractivity contribution is 5.49. The maximum Gasteiger partial charge on any atom is 0.174 e. The average molecular weight is 111 g/mol. The number of hydrogen-bond acceptors (Lipinski definition) is 2. The standard InChI is InChI=1S/C6H9NO/c1-4-6(2)7-5-8-3/h4-5H,1-2H2,3H3. The lowest BCUT2D eigenvalue weighted by molar-refractivity contribution is 0.422. The number of nitrogens with zero attached hydrogens (tertiary/aromatic N) is 1. The molecule has 0 bridgehead atoms. The molecule has 0 atom stereocenters. The van der Waals surface area contributed by atoms with Crippen LogP contribution in [-0.2, 0) is 4.74 Å². The van der Waals surface area contributed by atoms with Gasteiger partial charge < -0.3 is 4.74 Å². The van der Waals surface area contributed by atoms with Crippen molar-refractivity contribution in [1.82, 2.24) is 0 Å². The molecule has 0 aromatic rings. The van der Waals surface area contributed by atoms with Crippen LogP contribution in [0.5, 0.6) is 0 Å². The van der Waals surface area contributed by atoms with E-state index in [1.807, 2.05) is 0 Å². The molecule has 8 heavy (non-hydrogen) atoms. The van der Waals surface area contributed by atoms with Crippen molar-refractivity contribution in [3.05, 3.63) is 24.9 Å². The summed E-state index contributed by atoms with van der Waals surface area (Å²) in [5.74, 6) is 0. The van der Waals surface area contributed by atoms with Crippen LogP contribution >= 0.6 is 0 Å². The molecule has 0 aromatic heterocycles. The molecule has 2 heteroatoms. The first-order chi connectivity index (χ1) is 3.81. The van der Waals surface area contributed by atoms with Crippen molar-refractivity contribution >= 4 is 6.40 Å². The lowest BCUT2D eigenvalue weighted by Crippen LogP contribution is -1.75. The molecule has 2 nitrogen and oxygen atoms in total. The number of ether oxygens (including phenoxy) is 1. The zero-order valence-electron chi connectivity index (χ0n) is 4.92. The fraction of sp³-hybridized carbons (Fsp3) is 0.167. The summed E-state index contributed by atoms with van der Waals surface area (Å²) < 4.78 is 4.51. The van der Waals surface area contributed by atoms with Gasteiger partial charge in [0.1, 0.15) is 0 Å². The Bertz CT molecular complexity index is 116. The second-order valence-electron chi connectivity index (χ2n) is 1.17. The molecule has 0 aliphatic heterocycles. The highest BCUT2D eigenvalue weighted by Gasteiger charge is 1.73. The van der Waals surface area contributed by atoms with Gasteiger partial charge in [-0.25, -0.2) is 4.99 Å². The molecule has 0 rings (SSSR count). The Hall–Kier alpha value is -1.05. The number of aliphatic imine (C=N–C) groups is 1. The second-order valence-corrected chi connectivity index (χ2v) is 1.17. The molecule has 0 unspecified atom stereocenters. The topological polar surface area (TPSA) is 21.6 Å². The second kappa shape index (κ2) is 4.12. The van der Waals surface area contributed by atoms with Gasteiger partial charge in [0.05, 0.1) is 12.8 Å². The smallest absolute Gasteiger partial charge is 0.174 e. The summed E-state index contributed by atoms with van der Waals surface area (Å²) in [4.78, 5) is 3.70. The first kappa shape index (κ1) is 6.95. The van der Waals surface area contributed by atoms with Gasteiger partial charge in [0.15, 0.2) is 6.40 Å². The summed E-state index contributed by atoms with van der Waals surface area (Å²) in [5.41, 5.74) is 0.604. The van der Waals surface area contributed by atoms with Crippen molar-refractivity contribution in [2.75, 3.05) is 7.11 Å². The Balaban J connectivity index is 3.52. The molecule has 0 radical (unpaired) electrons. The number of rotatable bonds is 3. The highest BCUT2D eigenvalue weighted by atomic mass is 16.5. The van der Waals surface area contributed by atoms with Gasteiger partial charge in [0, 0.05) is 0 Å². The molecule has 0 aromatic carbocycles. The zero-order chi connectivity index (χ0) is 6.41. The van der Waals surface area contributed by atoms with Gasteiger partial charge in [-0.15, -0.1) is 0 Å². The molecule has 0 saturated carbocycles. The summed E-state index contributed by atoms with van der Waals surface area (Å²) in [6.45, 7) is 6.96. The molecule has 0 aliphatic carbocycles. The third-order valence-corrected chi connectivity index (χ3v) is 0.560. The molecule has 0 spiro atoms. The molecule has 0 fully saturated rings. The summed E-state index contributed by atoms with van der Waals surface area (Å²) in [5, 5.41) is 0. The maximum atomic E-state index is 4.51. The van der Waals surface area contributed by atoms with Gasteiger partial charge in [0.25, 0.3) is 0 Å². The van der Waals surface area contributed by atoms with Crippen molar-refractivity contribution in [2.45, 2.75) is 0 Å². The van der Waals surface area contributed by atoms with Crippen LogP contribution in [0.2, 0.25) is 0 Å². The fourth-order valence-corrected chi connectivity index (χ4v) is 0.173. The quantitative estimate of drug-likeness (QED) is 0.306. The van der Waals surface area contributed by atoms with Gasteiger partial charge in [0.2, 0.25) is 0 Å². The summed E-state index contributed by atoms with van der Waals surface area (Å²) in [7, 11) is 1.53. The van der Waals surface area contributed by atoms with Crippen LogP contribution in [0.25, 0.3) is 0 Å². The first-order valence-corrected chi connectivity index (χ1v) is 2.18. The number of methoxy groups -OCH3 is 1. The molecular formula is C6H9NO. The predicted octanol–water partition coefficient (Wildman–Crippen LogP) is 1.36. The summed E-state index contributed by atoms with van der Waals surface area (Å²) >= 11 is 0. The van der Waals surface area contributed by atoms with E-state index < -0.39 is 0 Å². The van der Waals surface area contributed by atoms with Crippen molar-refractivity contribution in [3.8, 4) is 0 Å². The molecule has 0 heterocycles. The molecule has 0 N–H and O–H groups in total. The van der Waals surface area contributed by atoms with E-state index in [1.54, 1.807) is 6.08 Å². The lowest BCUT2D eigenvalue weighted by Gasteiger charge is -1.85. The van der Waals surface area contributed by atoms with Gasteiger partial charge in [-0.1, -0.05) is 13.2 Å². The predicted molar refractivity (Wildman–Crippen MR) is 34.8 cm³/mol. The number of allylic oxidation sites excluding steroid dienone is 1. The molecule has 44 valence electrons. The van der Waals surface area contributed by atoms with E-state index in [4.69, 9.17) is 0 Å². The Morgan fingerprint density at radius 2 is 2.38 bits per heavy atom. The van der Waals surface area contributed by atoms with Crippen LogP contribution in [0.3, 0.4) is 0 Å². The van der Waals surface area contributed by atoms with Crippen molar-refractivity contribution in [3.63, 3.8) is 0 Å². The lowest BCUT2D eigenvalue weighted by atomic mass is 10.5. The van der Waals surface area contributed by atoms with Gasteiger partial charge in [-0.2, -0.15) is 0 Å². The first-order valence-electron chi connectivity index (χ1n) is 2.18. The highest BCUT2D eigenvalue weighted by Crippen LogP contribution is 1.88. The van der Waals surface area contributed by atoms with Crippen LogP contribution < -0.4 is 0 Å². The Kier molecular flexibility index (Phi) is 3.58. The van der Waals surface area contributed by atoms with Gasteiger partial charge in [-0.05, 0) is 6.08 Å². The molecule has 0 amide bonds. The maximum absolute atomic E-state index is 4.51. The third-order valence-electron chi connectivity index (χ3n) is 0.560. The van der Waals surface area contributed by atoms with Crippen LogP contribution in [-0.4, -0.2) is 13.5 Å². The van der Waals surface area contributed by atoms with E-state index in [0.29, 0.717) is 5.70 Å². The summed E-state index contributed by atoms with van der Waals surface area (Å²) in [6.07, 6.45) is 2.86. The Morgan fingerprint density at radius 1 is 1.75 bits per heavy atom. The summed E-state index contributed by atoms with van der Waals surface area (Å²) in [6, 6.07) is 0. The van der Waals surface area contributed by atoms with Crippen LogP contribution in [0.4, 0.5) is 0 Å². The van der Waals surface area contributed by atoms with E-state index >= 15 is 0 Å². The van der Waals surface area contributed by atoms with E-state index in [-0.39, 0.29) is 0 Å². The monoisotopic (exact) mass is 111 g/mol. The minimum absolute atomic E-state index is 0.604. The van der Waals surface area contributed by atoms with E-state index in [2.05, 4.69) is 22.9 Å². The third kappa shape index (κ3) is 3.15. The van der Waals surface area contributed by atoms with E-state index in [9.17, 15) is 0 Å². The normalized spacial score (nSPS) is 9.12. The van der Waals surface area contributed by atoms with Crippen LogP contribution in [0, 0.1) is 0 Å². The van der Waals surface area contributed by atoms with Crippen molar-refractivity contribution in [1.29, 1.82) is 0 Å². The molecule has 0 saturated heterocycles. The average Bonchev–Trinajstić information content (AvgIpc) is 1.83. The van der Waals surface area contributed by atoms with Gasteiger partial charge >= 0.3 is 0 Å². The molecule has 0 aliphatic rings. The van der Waals surface area contributed by atoms with E-state index in [0.717, 1.165) is 0 Å². The minimum atomic E-state index is 0.604. The minimum Gasteiger partial charge on any atom is -0.486 e. The SMILES string of the molecule is C=CC(=C)N=COC. The Morgan fingerprint density at radius 3 is 2.75 bits per heavy atom. The van der Waals surface area contributed by atoms with Crippen LogP contribution in [0.1, 0.15) is 0 Å². The van der Waals surface area contributed by atoms with Crippen molar-refractivity contribution < 1.29 is 4.74 Å².